The predicted octanol–water partition coefficient (Wildman–Crippen LogP) is 2.28. The second kappa shape index (κ2) is 5.02. The summed E-state index contributed by atoms with van der Waals surface area (Å²) in [5.74, 6) is 1.44. The van der Waals surface area contributed by atoms with E-state index in [4.69, 9.17) is 14.7 Å². The van der Waals surface area contributed by atoms with Gasteiger partial charge in [-0.3, -0.25) is 0 Å². The van der Waals surface area contributed by atoms with Crippen LogP contribution in [0.4, 0.5) is 0 Å². The van der Waals surface area contributed by atoms with Crippen molar-refractivity contribution in [2.45, 2.75) is 6.92 Å². The lowest BCUT2D eigenvalue weighted by Gasteiger charge is -2.13. The van der Waals surface area contributed by atoms with Crippen LogP contribution in [0.25, 0.3) is 11.3 Å². The molecule has 2 aromatic rings. The Bertz CT molecular complexity index is 653. The highest BCUT2D eigenvalue weighted by Gasteiger charge is 2.17. The van der Waals surface area contributed by atoms with Gasteiger partial charge >= 0.3 is 0 Å². The quantitative estimate of drug-likeness (QED) is 0.846. The van der Waals surface area contributed by atoms with Crippen molar-refractivity contribution in [3.05, 3.63) is 29.7 Å². The Morgan fingerprint density at radius 2 is 1.89 bits per heavy atom. The summed E-state index contributed by atoms with van der Waals surface area (Å²) in [6, 6.07) is 5.85. The third kappa shape index (κ3) is 2.13. The lowest BCUT2D eigenvalue weighted by atomic mass is 10.1. The lowest BCUT2D eigenvalue weighted by Crippen LogP contribution is -1.98. The van der Waals surface area contributed by atoms with Gasteiger partial charge in [0.05, 0.1) is 26.2 Å². The van der Waals surface area contributed by atoms with Gasteiger partial charge in [-0.2, -0.15) is 5.26 Å². The largest absolute Gasteiger partial charge is 0.496 e. The number of aryl methyl sites for hydroxylation is 2. The standard InChI is InChI=1S/C14H15N3O2/c1-9-5-13(19-4)10(6-12(9)18-3)14-11(7-15)16-8-17(14)2/h5-6,8H,1-4H3. The van der Waals surface area contributed by atoms with E-state index in [9.17, 15) is 0 Å². The highest BCUT2D eigenvalue weighted by atomic mass is 16.5. The van der Waals surface area contributed by atoms with Gasteiger partial charge in [-0.05, 0) is 24.6 Å². The maximum Gasteiger partial charge on any atom is 0.166 e. The highest BCUT2D eigenvalue weighted by Crippen LogP contribution is 2.36. The van der Waals surface area contributed by atoms with Crippen molar-refractivity contribution in [2.75, 3.05) is 14.2 Å². The molecule has 0 spiro atoms. The Morgan fingerprint density at radius 3 is 2.47 bits per heavy atom. The minimum absolute atomic E-state index is 0.367. The van der Waals surface area contributed by atoms with Crippen molar-refractivity contribution in [3.8, 4) is 28.8 Å². The number of hydrogen-bond acceptors (Lipinski definition) is 4. The molecule has 0 aliphatic heterocycles. The van der Waals surface area contributed by atoms with E-state index in [2.05, 4.69) is 11.1 Å². The minimum Gasteiger partial charge on any atom is -0.496 e. The first-order valence-corrected chi connectivity index (χ1v) is 5.76. The summed E-state index contributed by atoms with van der Waals surface area (Å²) < 4.78 is 12.5. The number of methoxy groups -OCH3 is 2. The molecule has 1 aromatic carbocycles. The van der Waals surface area contributed by atoms with Crippen molar-refractivity contribution in [3.63, 3.8) is 0 Å². The fraction of sp³-hybridized carbons (Fsp3) is 0.286. The Labute approximate surface area is 112 Å². The summed E-state index contributed by atoms with van der Waals surface area (Å²) >= 11 is 0. The third-order valence-electron chi connectivity index (χ3n) is 3.02. The monoisotopic (exact) mass is 257 g/mol. The van der Waals surface area contributed by atoms with Gasteiger partial charge in [-0.15, -0.1) is 0 Å². The summed E-state index contributed by atoms with van der Waals surface area (Å²) in [5.41, 5.74) is 2.86. The van der Waals surface area contributed by atoms with Gasteiger partial charge in [0.1, 0.15) is 17.6 Å². The molecule has 1 aromatic heterocycles. The molecular formula is C14H15N3O2. The van der Waals surface area contributed by atoms with Crippen LogP contribution in [0.2, 0.25) is 0 Å². The fourth-order valence-electron chi connectivity index (χ4n) is 2.07. The van der Waals surface area contributed by atoms with Crippen LogP contribution in [-0.2, 0) is 7.05 Å². The maximum absolute atomic E-state index is 9.14. The molecular weight excluding hydrogens is 242 g/mol. The second-order valence-electron chi connectivity index (χ2n) is 4.19. The summed E-state index contributed by atoms with van der Waals surface area (Å²) in [6.45, 7) is 1.94. The molecule has 0 saturated heterocycles. The Balaban J connectivity index is 2.74. The number of nitriles is 1. The van der Waals surface area contributed by atoms with Gasteiger partial charge < -0.3 is 14.0 Å². The fourth-order valence-corrected chi connectivity index (χ4v) is 2.07. The topological polar surface area (TPSA) is 60.1 Å². The second-order valence-corrected chi connectivity index (χ2v) is 4.19. The third-order valence-corrected chi connectivity index (χ3v) is 3.02. The van der Waals surface area contributed by atoms with Gasteiger partial charge in [-0.25, -0.2) is 4.98 Å². The van der Waals surface area contributed by atoms with Crippen LogP contribution in [0.3, 0.4) is 0 Å². The van der Waals surface area contributed by atoms with Gasteiger partial charge in [0, 0.05) is 12.6 Å². The molecule has 0 saturated carbocycles. The molecule has 0 amide bonds. The smallest absolute Gasteiger partial charge is 0.166 e. The Kier molecular flexibility index (Phi) is 3.43. The van der Waals surface area contributed by atoms with Crippen LogP contribution in [0.15, 0.2) is 18.5 Å². The molecule has 0 aliphatic carbocycles. The zero-order valence-corrected chi connectivity index (χ0v) is 11.4. The summed E-state index contributed by atoms with van der Waals surface area (Å²) in [7, 11) is 5.06. The molecule has 5 heteroatoms. The average Bonchev–Trinajstić information content (AvgIpc) is 2.79. The number of ether oxygens (including phenoxy) is 2. The van der Waals surface area contributed by atoms with E-state index >= 15 is 0 Å². The number of nitrogens with zero attached hydrogens (tertiary/aromatic N) is 3. The first-order valence-electron chi connectivity index (χ1n) is 5.76. The first-order chi connectivity index (χ1) is 9.12. The van der Waals surface area contributed by atoms with Crippen molar-refractivity contribution in [1.29, 1.82) is 5.26 Å². The zero-order chi connectivity index (χ0) is 14.0. The molecule has 2 rings (SSSR count). The molecule has 19 heavy (non-hydrogen) atoms. The molecule has 0 fully saturated rings. The average molecular weight is 257 g/mol. The van der Waals surface area contributed by atoms with Gasteiger partial charge in [0.15, 0.2) is 5.69 Å². The van der Waals surface area contributed by atoms with E-state index in [1.54, 1.807) is 25.1 Å². The zero-order valence-electron chi connectivity index (χ0n) is 11.4. The van der Waals surface area contributed by atoms with Crippen LogP contribution in [0, 0.1) is 18.3 Å². The molecule has 0 unspecified atom stereocenters. The predicted molar refractivity (Wildman–Crippen MR) is 71.2 cm³/mol. The normalized spacial score (nSPS) is 10.1. The van der Waals surface area contributed by atoms with E-state index in [0.717, 1.165) is 22.6 Å². The van der Waals surface area contributed by atoms with E-state index in [1.165, 1.54) is 0 Å². The van der Waals surface area contributed by atoms with Crippen LogP contribution < -0.4 is 9.47 Å². The van der Waals surface area contributed by atoms with Crippen LogP contribution in [0.5, 0.6) is 11.5 Å². The highest BCUT2D eigenvalue weighted by molar-refractivity contribution is 5.74. The van der Waals surface area contributed by atoms with E-state index in [1.807, 2.05) is 26.1 Å². The Morgan fingerprint density at radius 1 is 1.21 bits per heavy atom. The first kappa shape index (κ1) is 13.0. The number of imidazole rings is 1. The van der Waals surface area contributed by atoms with Crippen molar-refractivity contribution in [1.82, 2.24) is 9.55 Å². The number of hydrogen-bond donors (Lipinski definition) is 0. The van der Waals surface area contributed by atoms with E-state index in [-0.39, 0.29) is 0 Å². The van der Waals surface area contributed by atoms with Crippen LogP contribution in [-0.4, -0.2) is 23.8 Å². The maximum atomic E-state index is 9.14. The SMILES string of the molecule is COc1cc(-c2c(C#N)ncn2C)c(OC)cc1C. The van der Waals surface area contributed by atoms with Gasteiger partial charge in [0.2, 0.25) is 0 Å². The summed E-state index contributed by atoms with van der Waals surface area (Å²) in [5, 5.41) is 9.14. The molecule has 0 aliphatic rings. The molecule has 1 heterocycles. The number of rotatable bonds is 3. The van der Waals surface area contributed by atoms with E-state index in [0.29, 0.717) is 11.4 Å². The molecule has 0 N–H and O–H groups in total. The van der Waals surface area contributed by atoms with Crippen molar-refractivity contribution in [2.24, 2.45) is 7.05 Å². The van der Waals surface area contributed by atoms with Crippen molar-refractivity contribution >= 4 is 0 Å². The molecule has 0 radical (unpaired) electrons. The molecule has 5 nitrogen and oxygen atoms in total. The number of benzene rings is 1. The number of aromatic nitrogens is 2. The Hall–Kier alpha value is -2.48. The summed E-state index contributed by atoms with van der Waals surface area (Å²) in [4.78, 5) is 4.07. The molecule has 0 bridgehead atoms. The molecule has 98 valence electrons. The summed E-state index contributed by atoms with van der Waals surface area (Å²) in [6.07, 6.45) is 1.61. The van der Waals surface area contributed by atoms with Crippen molar-refractivity contribution < 1.29 is 9.47 Å². The minimum atomic E-state index is 0.367. The van der Waals surface area contributed by atoms with Crippen LogP contribution in [0.1, 0.15) is 11.3 Å². The van der Waals surface area contributed by atoms with E-state index < -0.39 is 0 Å². The van der Waals surface area contributed by atoms with Gasteiger partial charge in [-0.1, -0.05) is 0 Å². The van der Waals surface area contributed by atoms with Gasteiger partial charge in [0.25, 0.3) is 0 Å². The lowest BCUT2D eigenvalue weighted by molar-refractivity contribution is 0.401. The molecule has 0 atom stereocenters. The van der Waals surface area contributed by atoms with Crippen LogP contribution >= 0.6 is 0 Å².